The van der Waals surface area contributed by atoms with Crippen molar-refractivity contribution in [1.82, 2.24) is 0 Å². The fourth-order valence-corrected chi connectivity index (χ4v) is 9.67. The summed E-state index contributed by atoms with van der Waals surface area (Å²) in [6.07, 6.45) is 8.70. The highest BCUT2D eigenvalue weighted by Crippen LogP contribution is 2.69. The summed E-state index contributed by atoms with van der Waals surface area (Å²) in [6, 6.07) is 0. The predicted molar refractivity (Wildman–Crippen MR) is 112 cm³/mol. The minimum atomic E-state index is -0.467. The molecule has 170 valence electrons. The molecule has 6 rings (SSSR count). The lowest BCUT2D eigenvalue weighted by atomic mass is 9.43. The molecule has 1 spiro atoms. The van der Waals surface area contributed by atoms with Crippen molar-refractivity contribution in [2.45, 2.75) is 89.8 Å². The van der Waals surface area contributed by atoms with Crippen molar-refractivity contribution < 1.29 is 24.1 Å². The van der Waals surface area contributed by atoms with Gasteiger partial charge in [0.15, 0.2) is 11.6 Å². The van der Waals surface area contributed by atoms with E-state index in [-0.39, 0.29) is 22.7 Å². The summed E-state index contributed by atoms with van der Waals surface area (Å²) >= 11 is 0. The Morgan fingerprint density at radius 1 is 0.733 bits per heavy atom. The Hall–Kier alpha value is -0.200. The highest BCUT2D eigenvalue weighted by molar-refractivity contribution is 5.14. The van der Waals surface area contributed by atoms with Crippen molar-refractivity contribution in [2.75, 3.05) is 26.4 Å². The van der Waals surface area contributed by atoms with Crippen LogP contribution in [-0.2, 0) is 18.9 Å². The summed E-state index contributed by atoms with van der Waals surface area (Å²) in [5.74, 6) is 1.89. The number of rotatable bonds is 1. The lowest BCUT2D eigenvalue weighted by molar-refractivity contribution is -0.254. The van der Waals surface area contributed by atoms with Crippen LogP contribution in [-0.4, -0.2) is 49.2 Å². The highest BCUT2D eigenvalue weighted by atomic mass is 16.7. The van der Waals surface area contributed by atoms with E-state index in [0.717, 1.165) is 38.9 Å². The Morgan fingerprint density at radius 2 is 1.43 bits per heavy atom. The molecular weight excluding hydrogens is 380 g/mol. The molecule has 2 aliphatic heterocycles. The third kappa shape index (κ3) is 2.65. The van der Waals surface area contributed by atoms with Crippen molar-refractivity contribution in [2.24, 2.45) is 40.4 Å². The van der Waals surface area contributed by atoms with Crippen LogP contribution in [0.15, 0.2) is 0 Å². The Balaban J connectivity index is 1.28. The van der Waals surface area contributed by atoms with Gasteiger partial charge < -0.3 is 24.1 Å². The first-order valence-electron chi connectivity index (χ1n) is 12.5. The summed E-state index contributed by atoms with van der Waals surface area (Å²) in [5, 5.41) is 11.7. The fourth-order valence-electron chi connectivity index (χ4n) is 9.67. The summed E-state index contributed by atoms with van der Waals surface area (Å²) in [6.45, 7) is 9.96. The first-order chi connectivity index (χ1) is 14.3. The van der Waals surface area contributed by atoms with Crippen LogP contribution < -0.4 is 0 Å². The molecule has 0 aromatic heterocycles. The maximum Gasteiger partial charge on any atom is 0.169 e. The second kappa shape index (κ2) is 6.66. The molecule has 8 atom stereocenters. The zero-order valence-corrected chi connectivity index (χ0v) is 19.0. The Labute approximate surface area is 181 Å². The SMILES string of the molecule is CC1([C@H]2CC[C@@H]3[C@@H]4CC[C@H]5CC6(CC[C@]5(C)[C@H]4[C@H](O)C[C@@]32C)OCCO6)OCCO1. The summed E-state index contributed by atoms with van der Waals surface area (Å²) in [5.41, 5.74) is 0.309. The molecule has 0 radical (unpaired) electrons. The minimum absolute atomic E-state index is 0.108. The molecule has 1 N–H and O–H groups in total. The molecule has 4 saturated carbocycles. The summed E-state index contributed by atoms with van der Waals surface area (Å²) in [4.78, 5) is 0. The number of hydrogen-bond acceptors (Lipinski definition) is 5. The Kier molecular flexibility index (Phi) is 4.53. The van der Waals surface area contributed by atoms with E-state index in [9.17, 15) is 5.11 Å². The minimum Gasteiger partial charge on any atom is -0.393 e. The van der Waals surface area contributed by atoms with Crippen molar-refractivity contribution in [3.8, 4) is 0 Å². The number of ether oxygens (including phenoxy) is 4. The quantitative estimate of drug-likeness (QED) is 0.691. The average Bonchev–Trinajstić information content (AvgIpc) is 3.41. The molecule has 6 aliphatic rings. The third-order valence-electron chi connectivity index (χ3n) is 10.9. The first-order valence-corrected chi connectivity index (χ1v) is 12.5. The zero-order valence-electron chi connectivity index (χ0n) is 19.0. The molecule has 0 aromatic rings. The molecule has 2 heterocycles. The van der Waals surface area contributed by atoms with Gasteiger partial charge in [0, 0.05) is 18.8 Å². The van der Waals surface area contributed by atoms with Gasteiger partial charge in [0.05, 0.1) is 32.5 Å². The van der Waals surface area contributed by atoms with Crippen molar-refractivity contribution in [3.05, 3.63) is 0 Å². The van der Waals surface area contributed by atoms with Gasteiger partial charge in [-0.2, -0.15) is 0 Å². The normalized spacial score (nSPS) is 54.0. The van der Waals surface area contributed by atoms with Gasteiger partial charge in [-0.25, -0.2) is 0 Å². The third-order valence-corrected chi connectivity index (χ3v) is 10.9. The Bertz CT molecular complexity index is 683. The van der Waals surface area contributed by atoms with Gasteiger partial charge in [-0.1, -0.05) is 13.8 Å². The largest absolute Gasteiger partial charge is 0.393 e. The average molecular weight is 421 g/mol. The van der Waals surface area contributed by atoms with Gasteiger partial charge in [-0.05, 0) is 80.0 Å². The molecule has 6 fully saturated rings. The smallest absolute Gasteiger partial charge is 0.169 e. The fraction of sp³-hybridized carbons (Fsp3) is 1.00. The molecular formula is C25H40O5. The second-order valence-electron chi connectivity index (χ2n) is 12.0. The van der Waals surface area contributed by atoms with E-state index in [0.29, 0.717) is 42.8 Å². The molecule has 0 bridgehead atoms. The van der Waals surface area contributed by atoms with Crippen molar-refractivity contribution >= 4 is 0 Å². The van der Waals surface area contributed by atoms with E-state index in [1.165, 1.54) is 25.7 Å². The van der Waals surface area contributed by atoms with Crippen LogP contribution >= 0.6 is 0 Å². The summed E-state index contributed by atoms with van der Waals surface area (Å²) < 4.78 is 24.5. The van der Waals surface area contributed by atoms with Crippen LogP contribution in [0.4, 0.5) is 0 Å². The first kappa shape index (κ1) is 20.4. The maximum absolute atomic E-state index is 11.7. The van der Waals surface area contributed by atoms with E-state index >= 15 is 0 Å². The topological polar surface area (TPSA) is 57.2 Å². The van der Waals surface area contributed by atoms with Gasteiger partial charge in [-0.3, -0.25) is 0 Å². The van der Waals surface area contributed by atoms with Gasteiger partial charge in [0.1, 0.15) is 0 Å². The monoisotopic (exact) mass is 420 g/mol. The van der Waals surface area contributed by atoms with Crippen LogP contribution in [0, 0.1) is 40.4 Å². The summed E-state index contributed by atoms with van der Waals surface area (Å²) in [7, 11) is 0. The standard InChI is InChI=1S/C25H40O5/c1-22-8-9-25(29-12-13-30-25)14-16(22)4-5-17-18-6-7-20(24(3)27-10-11-28-24)23(18,2)15-19(26)21(17)22/h16-21,26H,4-15H2,1-3H3/t16-,17-,18+,19+,20-,21+,22-,23-/m0/s1. The Morgan fingerprint density at radius 3 is 2.17 bits per heavy atom. The second-order valence-corrected chi connectivity index (χ2v) is 12.0. The zero-order chi connectivity index (χ0) is 20.8. The van der Waals surface area contributed by atoms with E-state index in [1.54, 1.807) is 0 Å². The van der Waals surface area contributed by atoms with Crippen LogP contribution in [0.2, 0.25) is 0 Å². The molecule has 0 amide bonds. The van der Waals surface area contributed by atoms with E-state index in [4.69, 9.17) is 18.9 Å². The number of hydrogen-bond donors (Lipinski definition) is 1. The molecule has 4 aliphatic carbocycles. The molecule has 5 nitrogen and oxygen atoms in total. The van der Waals surface area contributed by atoms with E-state index in [1.807, 2.05) is 0 Å². The lowest BCUT2D eigenvalue weighted by Crippen LogP contribution is -2.61. The molecule has 0 aromatic carbocycles. The van der Waals surface area contributed by atoms with Crippen molar-refractivity contribution in [3.63, 3.8) is 0 Å². The molecule has 0 unspecified atom stereocenters. The van der Waals surface area contributed by atoms with Gasteiger partial charge in [-0.15, -0.1) is 0 Å². The maximum atomic E-state index is 11.7. The van der Waals surface area contributed by atoms with Crippen LogP contribution in [0.25, 0.3) is 0 Å². The van der Waals surface area contributed by atoms with Gasteiger partial charge in [0.25, 0.3) is 0 Å². The molecule has 30 heavy (non-hydrogen) atoms. The lowest BCUT2D eigenvalue weighted by Gasteiger charge is -2.63. The van der Waals surface area contributed by atoms with Crippen LogP contribution in [0.1, 0.15) is 72.1 Å². The number of fused-ring (bicyclic) bond motifs is 5. The van der Waals surface area contributed by atoms with Crippen molar-refractivity contribution in [1.29, 1.82) is 0 Å². The van der Waals surface area contributed by atoms with E-state index in [2.05, 4.69) is 20.8 Å². The highest BCUT2D eigenvalue weighted by Gasteiger charge is 2.67. The number of aliphatic hydroxyl groups excluding tert-OH is 1. The molecule has 5 heteroatoms. The predicted octanol–water partition coefficient (Wildman–Crippen LogP) is 4.12. The molecule has 2 saturated heterocycles. The number of aliphatic hydroxyl groups is 1. The van der Waals surface area contributed by atoms with Crippen LogP contribution in [0.3, 0.4) is 0 Å². The van der Waals surface area contributed by atoms with Gasteiger partial charge in [0.2, 0.25) is 0 Å². The van der Waals surface area contributed by atoms with E-state index < -0.39 is 5.79 Å². The van der Waals surface area contributed by atoms with Gasteiger partial charge >= 0.3 is 0 Å². The van der Waals surface area contributed by atoms with Crippen LogP contribution in [0.5, 0.6) is 0 Å².